The van der Waals surface area contributed by atoms with Gasteiger partial charge in [-0.25, -0.2) is 19.9 Å². The molecule has 8 nitrogen and oxygen atoms in total. The van der Waals surface area contributed by atoms with Crippen LogP contribution >= 0.6 is 0 Å². The summed E-state index contributed by atoms with van der Waals surface area (Å²) in [6, 6.07) is 11.6. The van der Waals surface area contributed by atoms with Gasteiger partial charge in [-0.05, 0) is 56.0 Å². The molecule has 0 fully saturated rings. The number of aryl methyl sites for hydroxylation is 1. The molecule has 0 aliphatic carbocycles. The minimum absolute atomic E-state index is 0.415. The predicted octanol–water partition coefficient (Wildman–Crippen LogP) is 4.98. The molecule has 34 heavy (non-hydrogen) atoms. The van der Waals surface area contributed by atoms with Crippen LogP contribution < -0.4 is 5.73 Å². The maximum absolute atomic E-state index is 8.06. The molecule has 0 aliphatic heterocycles. The van der Waals surface area contributed by atoms with Crippen LogP contribution in [0, 0.1) is 12.3 Å². The zero-order valence-electron chi connectivity index (χ0n) is 19.8. The predicted molar refractivity (Wildman–Crippen MR) is 135 cm³/mol. The van der Waals surface area contributed by atoms with Gasteiger partial charge in [-0.1, -0.05) is 32.0 Å². The number of H-pyrrole nitrogens is 1. The van der Waals surface area contributed by atoms with Crippen molar-refractivity contribution in [2.75, 3.05) is 0 Å². The average Bonchev–Trinajstić information content (AvgIpc) is 3.27. The summed E-state index contributed by atoms with van der Waals surface area (Å²) in [5, 5.41) is 15.6. The molecule has 1 aromatic carbocycles. The number of hydrogen-bond donors (Lipinski definition) is 3. The Hall–Kier alpha value is -4.20. The Balaban J connectivity index is 1.70. The van der Waals surface area contributed by atoms with E-state index in [2.05, 4.69) is 39.0 Å². The molecule has 0 amide bonds. The first-order valence-corrected chi connectivity index (χ1v) is 11.3. The molecule has 0 radical (unpaired) electrons. The first kappa shape index (κ1) is 23.0. The highest BCUT2D eigenvalue weighted by atomic mass is 15.1. The van der Waals surface area contributed by atoms with Crippen LogP contribution in [0.15, 0.2) is 54.4 Å². The Morgan fingerprint density at radius 1 is 1.00 bits per heavy atom. The highest BCUT2D eigenvalue weighted by molar-refractivity contribution is 6.02. The second-order valence-electron chi connectivity index (χ2n) is 8.01. The molecule has 0 saturated heterocycles. The van der Waals surface area contributed by atoms with Gasteiger partial charge >= 0.3 is 0 Å². The van der Waals surface area contributed by atoms with Crippen molar-refractivity contribution in [2.45, 2.75) is 40.5 Å². The number of benzene rings is 1. The smallest absolute Gasteiger partial charge is 0.176 e. The van der Waals surface area contributed by atoms with Crippen molar-refractivity contribution < 1.29 is 0 Å². The zero-order valence-corrected chi connectivity index (χ0v) is 19.8. The van der Waals surface area contributed by atoms with E-state index in [4.69, 9.17) is 16.1 Å². The fourth-order valence-electron chi connectivity index (χ4n) is 3.73. The third-order valence-corrected chi connectivity index (χ3v) is 5.88. The van der Waals surface area contributed by atoms with E-state index >= 15 is 0 Å². The number of nitrogens with two attached hydrogens (primary N) is 1. The SMILES string of the molecule is CCC(=N)/C(C)=C(\N)c1nccc(-c2cccc(-c3nccc(-c4[nH]nc(CC)c4C)n3)c2)n1. The Kier molecular flexibility index (Phi) is 6.58. The zero-order chi connectivity index (χ0) is 24.2. The highest BCUT2D eigenvalue weighted by Gasteiger charge is 2.14. The van der Waals surface area contributed by atoms with Gasteiger partial charge in [-0.2, -0.15) is 5.10 Å². The standard InChI is InChI=1S/C26H28N8/c1-5-19(27)15(3)23(28)26-30-12-10-21(31-26)17-8-7-9-18(14-17)25-29-13-11-22(32-25)24-16(4)20(6-2)33-34-24/h7-14,27H,5-6,28H2,1-4H3,(H,33,34)/b23-15-,27-19?. The van der Waals surface area contributed by atoms with E-state index in [-0.39, 0.29) is 0 Å². The van der Waals surface area contributed by atoms with Crippen molar-refractivity contribution in [1.29, 1.82) is 5.41 Å². The van der Waals surface area contributed by atoms with E-state index < -0.39 is 0 Å². The summed E-state index contributed by atoms with van der Waals surface area (Å²) in [6.45, 7) is 7.89. The lowest BCUT2D eigenvalue weighted by molar-refractivity contribution is 0.968. The van der Waals surface area contributed by atoms with Gasteiger partial charge in [0.05, 0.1) is 28.5 Å². The first-order chi connectivity index (χ1) is 16.4. The molecule has 0 unspecified atom stereocenters. The molecule has 172 valence electrons. The molecule has 4 aromatic rings. The van der Waals surface area contributed by atoms with E-state index in [1.807, 2.05) is 50.2 Å². The second kappa shape index (κ2) is 9.74. The fourth-order valence-corrected chi connectivity index (χ4v) is 3.73. The van der Waals surface area contributed by atoms with Gasteiger partial charge in [-0.3, -0.25) is 5.10 Å². The van der Waals surface area contributed by atoms with Gasteiger partial charge in [-0.15, -0.1) is 0 Å². The molecule has 4 N–H and O–H groups in total. The number of nitrogens with one attached hydrogen (secondary N) is 2. The van der Waals surface area contributed by atoms with Gasteiger partial charge in [0.15, 0.2) is 11.6 Å². The fraction of sp³-hybridized carbons (Fsp3) is 0.231. The summed E-state index contributed by atoms with van der Waals surface area (Å²) in [5.41, 5.74) is 14.2. The molecule has 3 aromatic heterocycles. The summed E-state index contributed by atoms with van der Waals surface area (Å²) in [5.74, 6) is 1.03. The Morgan fingerprint density at radius 3 is 2.47 bits per heavy atom. The van der Waals surface area contributed by atoms with Gasteiger partial charge in [0.2, 0.25) is 0 Å². The van der Waals surface area contributed by atoms with Crippen molar-refractivity contribution in [2.24, 2.45) is 5.73 Å². The van der Waals surface area contributed by atoms with E-state index in [0.717, 1.165) is 45.9 Å². The topological polar surface area (TPSA) is 130 Å². The van der Waals surface area contributed by atoms with Gasteiger partial charge < -0.3 is 11.1 Å². The normalized spacial score (nSPS) is 11.9. The Labute approximate surface area is 198 Å². The van der Waals surface area contributed by atoms with E-state index in [9.17, 15) is 0 Å². The molecule has 3 heterocycles. The van der Waals surface area contributed by atoms with Crippen LogP contribution in [0.1, 0.15) is 44.3 Å². The lowest BCUT2D eigenvalue weighted by atomic mass is 10.1. The molecule has 4 rings (SSSR count). The maximum Gasteiger partial charge on any atom is 0.176 e. The molecule has 0 saturated carbocycles. The molecule has 0 spiro atoms. The van der Waals surface area contributed by atoms with Crippen molar-refractivity contribution in [1.82, 2.24) is 30.1 Å². The third-order valence-electron chi connectivity index (χ3n) is 5.88. The van der Waals surface area contributed by atoms with Crippen LogP contribution in [0.25, 0.3) is 39.7 Å². The number of aromatic amines is 1. The Morgan fingerprint density at radius 2 is 1.74 bits per heavy atom. The van der Waals surface area contributed by atoms with Crippen LogP contribution in [0.4, 0.5) is 0 Å². The van der Waals surface area contributed by atoms with Crippen LogP contribution in [0.3, 0.4) is 0 Å². The second-order valence-corrected chi connectivity index (χ2v) is 8.01. The minimum Gasteiger partial charge on any atom is -0.395 e. The van der Waals surface area contributed by atoms with E-state index in [1.54, 1.807) is 12.4 Å². The van der Waals surface area contributed by atoms with Crippen LogP contribution in [-0.2, 0) is 6.42 Å². The summed E-state index contributed by atoms with van der Waals surface area (Å²) in [7, 11) is 0. The number of aromatic nitrogens is 6. The molecular formula is C26H28N8. The van der Waals surface area contributed by atoms with Crippen molar-refractivity contribution in [3.63, 3.8) is 0 Å². The van der Waals surface area contributed by atoms with E-state index in [1.165, 1.54) is 0 Å². The number of allylic oxidation sites excluding steroid dienone is 1. The summed E-state index contributed by atoms with van der Waals surface area (Å²) in [6.07, 6.45) is 4.91. The van der Waals surface area contributed by atoms with Gasteiger partial charge in [0.1, 0.15) is 0 Å². The number of hydrogen-bond acceptors (Lipinski definition) is 7. The Bertz CT molecular complexity index is 1380. The van der Waals surface area contributed by atoms with Gasteiger partial charge in [0, 0.05) is 29.2 Å². The van der Waals surface area contributed by atoms with Gasteiger partial charge in [0.25, 0.3) is 0 Å². The largest absolute Gasteiger partial charge is 0.395 e. The lowest BCUT2D eigenvalue weighted by Crippen LogP contribution is -2.10. The monoisotopic (exact) mass is 452 g/mol. The first-order valence-electron chi connectivity index (χ1n) is 11.3. The van der Waals surface area contributed by atoms with Crippen LogP contribution in [0.5, 0.6) is 0 Å². The molecule has 0 bridgehead atoms. The summed E-state index contributed by atoms with van der Waals surface area (Å²) >= 11 is 0. The number of rotatable bonds is 7. The van der Waals surface area contributed by atoms with Crippen molar-refractivity contribution in [3.8, 4) is 34.0 Å². The highest BCUT2D eigenvalue weighted by Crippen LogP contribution is 2.27. The summed E-state index contributed by atoms with van der Waals surface area (Å²) < 4.78 is 0. The molecule has 0 atom stereocenters. The molecular weight excluding hydrogens is 424 g/mol. The van der Waals surface area contributed by atoms with E-state index in [0.29, 0.717) is 35.1 Å². The van der Waals surface area contributed by atoms with Crippen molar-refractivity contribution >= 4 is 11.4 Å². The average molecular weight is 453 g/mol. The minimum atomic E-state index is 0.415. The molecule has 8 heteroatoms. The third kappa shape index (κ3) is 4.47. The summed E-state index contributed by atoms with van der Waals surface area (Å²) in [4.78, 5) is 18.3. The quantitative estimate of drug-likeness (QED) is 0.339. The maximum atomic E-state index is 8.06. The lowest BCUT2D eigenvalue weighted by Gasteiger charge is -2.09. The number of nitrogens with zero attached hydrogens (tertiary/aromatic N) is 5. The van der Waals surface area contributed by atoms with Crippen molar-refractivity contribution in [3.05, 3.63) is 71.4 Å². The van der Waals surface area contributed by atoms with Crippen LogP contribution in [0.2, 0.25) is 0 Å². The van der Waals surface area contributed by atoms with Crippen LogP contribution in [-0.4, -0.2) is 35.8 Å². The molecule has 0 aliphatic rings.